The first-order chi connectivity index (χ1) is 29.5. The van der Waals surface area contributed by atoms with Crippen molar-refractivity contribution >= 4 is 25.7 Å². The summed E-state index contributed by atoms with van der Waals surface area (Å²) in [5, 5.41) is 18.5. The summed E-state index contributed by atoms with van der Waals surface area (Å²) < 4.78 is 32.5. The third-order valence-corrected chi connectivity index (χ3v) is 9.62. The van der Waals surface area contributed by atoms with Gasteiger partial charge in [0.05, 0.1) is 19.3 Å². The predicted molar refractivity (Wildman–Crippen MR) is 246 cm³/mol. The first-order valence-corrected chi connectivity index (χ1v) is 23.5. The lowest BCUT2D eigenvalue weighted by Gasteiger charge is -2.20. The number of phosphoric acid groups is 1. The minimum atomic E-state index is -4.76. The fraction of sp³-hybridized carbons (Fsp3) is 0.562. The Labute approximate surface area is 366 Å². The fourth-order valence-electron chi connectivity index (χ4n) is 5.02. The zero-order valence-electron chi connectivity index (χ0n) is 36.8. The molecule has 344 valence electrons. The van der Waals surface area contributed by atoms with Crippen LogP contribution in [0.3, 0.4) is 0 Å². The molecule has 0 heterocycles. The minimum Gasteiger partial charge on any atom is -0.480 e. The van der Waals surface area contributed by atoms with Crippen molar-refractivity contribution in [2.75, 3.05) is 19.8 Å². The molecule has 13 heteroatoms. The number of carboxylic acid groups (broad SMARTS) is 1. The molecule has 0 aliphatic heterocycles. The van der Waals surface area contributed by atoms with Gasteiger partial charge in [0.2, 0.25) is 0 Å². The fourth-order valence-corrected chi connectivity index (χ4v) is 5.80. The van der Waals surface area contributed by atoms with E-state index in [-0.39, 0.29) is 18.9 Å². The van der Waals surface area contributed by atoms with E-state index in [0.29, 0.717) is 19.3 Å². The third kappa shape index (κ3) is 41.2. The van der Waals surface area contributed by atoms with Crippen LogP contribution in [0.1, 0.15) is 136 Å². The largest absolute Gasteiger partial charge is 0.480 e. The highest BCUT2D eigenvalue weighted by molar-refractivity contribution is 7.47. The number of aliphatic hydroxyl groups excluding tert-OH is 1. The summed E-state index contributed by atoms with van der Waals surface area (Å²) in [6.45, 7) is 2.33. The average molecular weight is 874 g/mol. The van der Waals surface area contributed by atoms with Crippen molar-refractivity contribution in [1.29, 1.82) is 0 Å². The number of aliphatic hydroxyl groups is 1. The molecule has 0 aliphatic rings. The van der Waals surface area contributed by atoms with E-state index in [0.717, 1.165) is 70.6 Å². The molecule has 0 aromatic carbocycles. The van der Waals surface area contributed by atoms with E-state index in [9.17, 15) is 28.9 Å². The van der Waals surface area contributed by atoms with Gasteiger partial charge < -0.3 is 30.3 Å². The number of carbonyl (C=O) groups excluding carboxylic acids is 2. The van der Waals surface area contributed by atoms with Crippen molar-refractivity contribution in [3.05, 3.63) is 109 Å². The summed E-state index contributed by atoms with van der Waals surface area (Å²) >= 11 is 0. The highest BCUT2D eigenvalue weighted by atomic mass is 31.2. The molecule has 0 aromatic rings. The molecule has 0 bridgehead atoms. The van der Waals surface area contributed by atoms with Gasteiger partial charge in [-0.25, -0.2) is 4.57 Å². The highest BCUT2D eigenvalue weighted by Crippen LogP contribution is 2.43. The Morgan fingerprint density at radius 3 is 1.49 bits per heavy atom. The van der Waals surface area contributed by atoms with Gasteiger partial charge in [-0.05, 0) is 96.3 Å². The quantitative estimate of drug-likeness (QED) is 0.0198. The van der Waals surface area contributed by atoms with Gasteiger partial charge in [-0.3, -0.25) is 23.4 Å². The number of aliphatic carboxylic acids is 1. The van der Waals surface area contributed by atoms with Gasteiger partial charge in [-0.2, -0.15) is 0 Å². The van der Waals surface area contributed by atoms with E-state index in [2.05, 4.69) is 96.5 Å². The monoisotopic (exact) mass is 874 g/mol. The summed E-state index contributed by atoms with van der Waals surface area (Å²) in [5.74, 6) is -2.60. The van der Waals surface area contributed by atoms with Gasteiger partial charge >= 0.3 is 25.7 Å². The molecule has 0 fully saturated rings. The van der Waals surface area contributed by atoms with E-state index in [1.807, 2.05) is 31.2 Å². The highest BCUT2D eigenvalue weighted by Gasteiger charge is 2.28. The number of hydrogen-bond donors (Lipinski definition) is 4. The van der Waals surface area contributed by atoms with Crippen molar-refractivity contribution in [3.63, 3.8) is 0 Å². The van der Waals surface area contributed by atoms with E-state index in [1.54, 1.807) is 0 Å². The van der Waals surface area contributed by atoms with Gasteiger partial charge in [0.15, 0.2) is 6.10 Å². The van der Waals surface area contributed by atoms with E-state index < -0.39 is 57.7 Å². The van der Waals surface area contributed by atoms with Gasteiger partial charge in [0.25, 0.3) is 0 Å². The van der Waals surface area contributed by atoms with Gasteiger partial charge in [0, 0.05) is 12.8 Å². The van der Waals surface area contributed by atoms with Gasteiger partial charge in [-0.1, -0.05) is 136 Å². The predicted octanol–water partition coefficient (Wildman–Crippen LogP) is 10.8. The summed E-state index contributed by atoms with van der Waals surface area (Å²) in [5.41, 5.74) is 5.32. The Morgan fingerprint density at radius 1 is 0.574 bits per heavy atom. The number of phosphoric ester groups is 1. The van der Waals surface area contributed by atoms with Crippen LogP contribution < -0.4 is 5.73 Å². The molecular weight excluding hydrogens is 797 g/mol. The molecule has 5 N–H and O–H groups in total. The molecule has 4 atom stereocenters. The van der Waals surface area contributed by atoms with Crippen LogP contribution in [-0.4, -0.2) is 71.1 Å². The number of carbonyl (C=O) groups is 3. The van der Waals surface area contributed by atoms with Gasteiger partial charge in [-0.15, -0.1) is 0 Å². The van der Waals surface area contributed by atoms with E-state index in [1.165, 1.54) is 19.3 Å². The average Bonchev–Trinajstić information content (AvgIpc) is 3.24. The molecule has 0 spiro atoms. The van der Waals surface area contributed by atoms with Gasteiger partial charge in [0.1, 0.15) is 12.6 Å². The topological polar surface area (TPSA) is 192 Å². The van der Waals surface area contributed by atoms with Crippen LogP contribution in [0, 0.1) is 0 Å². The van der Waals surface area contributed by atoms with E-state index in [4.69, 9.17) is 24.8 Å². The van der Waals surface area contributed by atoms with Crippen LogP contribution >= 0.6 is 7.82 Å². The second kappa shape index (κ2) is 41.5. The van der Waals surface area contributed by atoms with Crippen LogP contribution in [0.2, 0.25) is 0 Å². The maximum atomic E-state index is 12.6. The number of esters is 2. The molecular formula is C48H76NO11P. The molecule has 12 nitrogen and oxygen atoms in total. The summed E-state index contributed by atoms with van der Waals surface area (Å²) in [6, 6.07) is -1.55. The lowest BCUT2D eigenvalue weighted by atomic mass is 10.1. The lowest BCUT2D eigenvalue weighted by Crippen LogP contribution is -2.34. The lowest BCUT2D eigenvalue weighted by molar-refractivity contribution is -0.161. The first-order valence-electron chi connectivity index (χ1n) is 22.0. The Balaban J connectivity index is 4.61. The van der Waals surface area contributed by atoms with Crippen molar-refractivity contribution < 1.29 is 52.6 Å². The zero-order valence-corrected chi connectivity index (χ0v) is 37.7. The Kier molecular flexibility index (Phi) is 38.8. The molecule has 61 heavy (non-hydrogen) atoms. The standard InChI is InChI=1S/C48H76NO11P/c1-3-5-6-7-8-9-10-11-12-13-14-15-16-20-23-26-29-32-35-38-46(51)57-40-44(41-58-61(55,56)59-42-45(49)48(53)54)60-47(52)39-36-33-30-27-24-21-18-17-19-22-25-28-31-34-37-43(50)4-2/h8-9,11-12,14-15,18-23,27-32,43-45,50H,3-7,10,13,16-17,24-26,33-42,49H2,1-2H3,(H,53,54)(H,55,56)/b9-8-,12-11-,15-14-,21-18-,22-19-,23-20-,30-27-,31-28-,32-29-/t43-,44-,45+/m1/s1. The minimum absolute atomic E-state index is 0.0496. The number of hydrogen-bond acceptors (Lipinski definition) is 10. The Bertz CT molecular complexity index is 1460. The number of nitrogens with two attached hydrogens (primary N) is 1. The molecule has 0 radical (unpaired) electrons. The third-order valence-electron chi connectivity index (χ3n) is 8.67. The van der Waals surface area contributed by atoms with Crippen LogP contribution in [0.15, 0.2) is 109 Å². The summed E-state index contributed by atoms with van der Waals surface area (Å²) in [6.07, 6.45) is 51.2. The SMILES string of the molecule is CCCCC/C=C\C/C=C\C/C=C\C/C=C\C/C=C\CCC(=O)OC[C@H](COP(=O)(O)OC[C@H](N)C(=O)O)OC(=O)CCC/C=C\C/C=C\C/C=C\C/C=C\CC[C@H](O)CC. The Hall–Kier alpha value is -3.90. The summed E-state index contributed by atoms with van der Waals surface area (Å²) in [7, 11) is -4.76. The van der Waals surface area contributed by atoms with Crippen LogP contribution in [0.25, 0.3) is 0 Å². The summed E-state index contributed by atoms with van der Waals surface area (Å²) in [4.78, 5) is 45.9. The van der Waals surface area contributed by atoms with E-state index >= 15 is 0 Å². The van der Waals surface area contributed by atoms with Crippen molar-refractivity contribution in [2.24, 2.45) is 5.73 Å². The zero-order chi connectivity index (χ0) is 45.1. The van der Waals surface area contributed by atoms with Crippen LogP contribution in [0.5, 0.6) is 0 Å². The maximum absolute atomic E-state index is 12.6. The Morgan fingerprint density at radius 2 is 1.02 bits per heavy atom. The molecule has 0 saturated carbocycles. The molecule has 0 aliphatic carbocycles. The van der Waals surface area contributed by atoms with Crippen LogP contribution in [0.4, 0.5) is 0 Å². The molecule has 0 amide bonds. The van der Waals surface area contributed by atoms with Crippen molar-refractivity contribution in [2.45, 2.75) is 154 Å². The molecule has 1 unspecified atom stereocenters. The first kappa shape index (κ1) is 57.1. The number of rotatable bonds is 39. The number of unbranched alkanes of at least 4 members (excludes halogenated alkanes) is 4. The number of ether oxygens (including phenoxy) is 2. The van der Waals surface area contributed by atoms with Crippen molar-refractivity contribution in [3.8, 4) is 0 Å². The smallest absolute Gasteiger partial charge is 0.472 e. The number of allylic oxidation sites excluding steroid dienone is 18. The molecule has 0 saturated heterocycles. The molecule has 0 rings (SSSR count). The second-order valence-electron chi connectivity index (χ2n) is 14.3. The maximum Gasteiger partial charge on any atom is 0.472 e. The van der Waals surface area contributed by atoms with Crippen molar-refractivity contribution in [1.82, 2.24) is 0 Å². The van der Waals surface area contributed by atoms with Crippen LogP contribution in [-0.2, 0) is 37.5 Å². The molecule has 0 aromatic heterocycles. The normalized spacial score (nSPS) is 15.2. The number of carboxylic acids is 1. The second-order valence-corrected chi connectivity index (χ2v) is 15.7.